The third kappa shape index (κ3) is 3.94. The summed E-state index contributed by atoms with van der Waals surface area (Å²) in [6.45, 7) is 6.47. The molecular formula is C15H30N2O. The highest BCUT2D eigenvalue weighted by Gasteiger charge is 2.30. The van der Waals surface area contributed by atoms with Crippen molar-refractivity contribution in [3.8, 4) is 0 Å². The number of nitrogens with one attached hydrogen (secondary N) is 1. The summed E-state index contributed by atoms with van der Waals surface area (Å²) in [7, 11) is 2.29. The summed E-state index contributed by atoms with van der Waals surface area (Å²) in [5.74, 6) is 0.934. The standard InChI is InChI=1S/C15H30N2O/c1-3-9-16-14-8-10-18-12-15(14)17(2)11-13-6-4-5-7-13/h13-16H,3-12H2,1-2H3. The Balaban J connectivity index is 1.82. The lowest BCUT2D eigenvalue weighted by atomic mass is 10.00. The average molecular weight is 254 g/mol. The van der Waals surface area contributed by atoms with Crippen molar-refractivity contribution in [2.24, 2.45) is 5.92 Å². The summed E-state index contributed by atoms with van der Waals surface area (Å²) in [4.78, 5) is 2.56. The molecule has 0 radical (unpaired) electrons. The van der Waals surface area contributed by atoms with Crippen LogP contribution in [0.2, 0.25) is 0 Å². The molecule has 2 rings (SSSR count). The molecule has 0 aromatic rings. The van der Waals surface area contributed by atoms with E-state index in [2.05, 4.69) is 24.2 Å². The fourth-order valence-corrected chi connectivity index (χ4v) is 3.46. The number of likely N-dealkylation sites (N-methyl/N-ethyl adjacent to an activating group) is 1. The molecule has 2 unspecified atom stereocenters. The van der Waals surface area contributed by atoms with Crippen LogP contribution in [-0.4, -0.2) is 50.3 Å². The quantitative estimate of drug-likeness (QED) is 0.787. The maximum Gasteiger partial charge on any atom is 0.0636 e. The summed E-state index contributed by atoms with van der Waals surface area (Å²) in [5.41, 5.74) is 0. The van der Waals surface area contributed by atoms with E-state index in [1.807, 2.05) is 0 Å². The lowest BCUT2D eigenvalue weighted by Crippen LogP contribution is -2.55. The van der Waals surface area contributed by atoms with Gasteiger partial charge in [0.15, 0.2) is 0 Å². The number of rotatable bonds is 6. The summed E-state index contributed by atoms with van der Waals surface area (Å²) >= 11 is 0. The van der Waals surface area contributed by atoms with Gasteiger partial charge in [0, 0.05) is 25.2 Å². The lowest BCUT2D eigenvalue weighted by Gasteiger charge is -2.39. The van der Waals surface area contributed by atoms with Crippen LogP contribution in [0.25, 0.3) is 0 Å². The zero-order chi connectivity index (χ0) is 12.8. The molecular weight excluding hydrogens is 224 g/mol. The van der Waals surface area contributed by atoms with E-state index >= 15 is 0 Å². The first-order chi connectivity index (χ1) is 8.81. The Hall–Kier alpha value is -0.120. The normalized spacial score (nSPS) is 30.2. The lowest BCUT2D eigenvalue weighted by molar-refractivity contribution is 0.00177. The Labute approximate surface area is 112 Å². The zero-order valence-corrected chi connectivity index (χ0v) is 12.2. The molecule has 2 fully saturated rings. The Morgan fingerprint density at radius 3 is 2.72 bits per heavy atom. The van der Waals surface area contributed by atoms with Gasteiger partial charge in [-0.25, -0.2) is 0 Å². The van der Waals surface area contributed by atoms with Gasteiger partial charge in [-0.2, -0.15) is 0 Å². The average Bonchev–Trinajstić information content (AvgIpc) is 2.89. The Bertz CT molecular complexity index is 229. The topological polar surface area (TPSA) is 24.5 Å². The molecule has 0 aromatic carbocycles. The highest BCUT2D eigenvalue weighted by Crippen LogP contribution is 2.26. The van der Waals surface area contributed by atoms with E-state index in [1.54, 1.807) is 0 Å². The van der Waals surface area contributed by atoms with E-state index < -0.39 is 0 Å². The van der Waals surface area contributed by atoms with Crippen LogP contribution in [-0.2, 0) is 4.74 Å². The van der Waals surface area contributed by atoms with Crippen LogP contribution in [0.5, 0.6) is 0 Å². The van der Waals surface area contributed by atoms with Crippen LogP contribution in [0.1, 0.15) is 45.4 Å². The van der Waals surface area contributed by atoms with Crippen LogP contribution in [0.3, 0.4) is 0 Å². The maximum absolute atomic E-state index is 5.70. The second-order valence-corrected chi connectivity index (χ2v) is 6.08. The second-order valence-electron chi connectivity index (χ2n) is 6.08. The van der Waals surface area contributed by atoms with Crippen LogP contribution in [0.4, 0.5) is 0 Å². The molecule has 1 aliphatic carbocycles. The van der Waals surface area contributed by atoms with Crippen molar-refractivity contribution in [3.63, 3.8) is 0 Å². The molecule has 106 valence electrons. The number of nitrogens with zero attached hydrogens (tertiary/aromatic N) is 1. The van der Waals surface area contributed by atoms with Crippen molar-refractivity contribution in [1.29, 1.82) is 0 Å². The fraction of sp³-hybridized carbons (Fsp3) is 1.00. The van der Waals surface area contributed by atoms with Gasteiger partial charge in [0.25, 0.3) is 0 Å². The molecule has 0 aromatic heterocycles. The highest BCUT2D eigenvalue weighted by atomic mass is 16.5. The van der Waals surface area contributed by atoms with Crippen LogP contribution >= 0.6 is 0 Å². The minimum atomic E-state index is 0.575. The first-order valence-electron chi connectivity index (χ1n) is 7.82. The molecule has 1 saturated carbocycles. The summed E-state index contributed by atoms with van der Waals surface area (Å²) < 4.78 is 5.70. The Kier molecular flexibility index (Phi) is 5.93. The molecule has 2 atom stereocenters. The van der Waals surface area contributed by atoms with Gasteiger partial charge in [-0.05, 0) is 45.2 Å². The van der Waals surface area contributed by atoms with Gasteiger partial charge >= 0.3 is 0 Å². The number of hydrogen-bond donors (Lipinski definition) is 1. The van der Waals surface area contributed by atoms with Crippen molar-refractivity contribution in [2.45, 2.75) is 57.5 Å². The van der Waals surface area contributed by atoms with Crippen LogP contribution < -0.4 is 5.32 Å². The van der Waals surface area contributed by atoms with E-state index in [-0.39, 0.29) is 0 Å². The molecule has 1 N–H and O–H groups in total. The van der Waals surface area contributed by atoms with Gasteiger partial charge < -0.3 is 10.1 Å². The van der Waals surface area contributed by atoms with E-state index in [9.17, 15) is 0 Å². The van der Waals surface area contributed by atoms with Crippen LogP contribution in [0.15, 0.2) is 0 Å². The third-order valence-corrected chi connectivity index (χ3v) is 4.57. The van der Waals surface area contributed by atoms with Crippen molar-refractivity contribution in [2.75, 3.05) is 33.4 Å². The van der Waals surface area contributed by atoms with E-state index in [4.69, 9.17) is 4.74 Å². The largest absolute Gasteiger partial charge is 0.380 e. The molecule has 1 heterocycles. The molecule has 0 amide bonds. The summed E-state index contributed by atoms with van der Waals surface area (Å²) in [6, 6.07) is 1.20. The SMILES string of the molecule is CCCNC1CCOCC1N(C)CC1CCCC1. The second kappa shape index (κ2) is 7.46. The third-order valence-electron chi connectivity index (χ3n) is 4.57. The molecule has 2 aliphatic rings. The first-order valence-corrected chi connectivity index (χ1v) is 7.82. The van der Waals surface area contributed by atoms with Crippen molar-refractivity contribution < 1.29 is 4.74 Å². The fourth-order valence-electron chi connectivity index (χ4n) is 3.46. The minimum Gasteiger partial charge on any atom is -0.380 e. The van der Waals surface area contributed by atoms with Crippen LogP contribution in [0, 0.1) is 5.92 Å². The van der Waals surface area contributed by atoms with Gasteiger partial charge in [0.2, 0.25) is 0 Å². The number of ether oxygens (including phenoxy) is 1. The summed E-state index contributed by atoms with van der Waals surface area (Å²) in [6.07, 6.45) is 8.14. The van der Waals surface area contributed by atoms with Crippen molar-refractivity contribution in [1.82, 2.24) is 10.2 Å². The van der Waals surface area contributed by atoms with E-state index in [1.165, 1.54) is 45.1 Å². The molecule has 0 spiro atoms. The molecule has 18 heavy (non-hydrogen) atoms. The smallest absolute Gasteiger partial charge is 0.0636 e. The molecule has 3 heteroatoms. The van der Waals surface area contributed by atoms with Gasteiger partial charge in [0.1, 0.15) is 0 Å². The monoisotopic (exact) mass is 254 g/mol. The minimum absolute atomic E-state index is 0.575. The highest BCUT2D eigenvalue weighted by molar-refractivity contribution is 4.87. The first kappa shape index (κ1) is 14.3. The molecule has 3 nitrogen and oxygen atoms in total. The van der Waals surface area contributed by atoms with Gasteiger partial charge in [-0.1, -0.05) is 19.8 Å². The maximum atomic E-state index is 5.70. The number of hydrogen-bond acceptors (Lipinski definition) is 3. The predicted molar refractivity (Wildman–Crippen MR) is 75.9 cm³/mol. The molecule has 1 saturated heterocycles. The van der Waals surface area contributed by atoms with Gasteiger partial charge in [-0.3, -0.25) is 4.90 Å². The Morgan fingerprint density at radius 1 is 1.22 bits per heavy atom. The van der Waals surface area contributed by atoms with E-state index in [0.717, 1.165) is 25.7 Å². The summed E-state index contributed by atoms with van der Waals surface area (Å²) in [5, 5.41) is 3.71. The predicted octanol–water partition coefficient (Wildman–Crippen LogP) is 2.27. The molecule has 1 aliphatic heterocycles. The van der Waals surface area contributed by atoms with Crippen molar-refractivity contribution in [3.05, 3.63) is 0 Å². The molecule has 0 bridgehead atoms. The van der Waals surface area contributed by atoms with E-state index in [0.29, 0.717) is 12.1 Å². The van der Waals surface area contributed by atoms with Gasteiger partial charge in [0.05, 0.1) is 6.61 Å². The Morgan fingerprint density at radius 2 is 2.00 bits per heavy atom. The zero-order valence-electron chi connectivity index (χ0n) is 12.2. The van der Waals surface area contributed by atoms with Crippen molar-refractivity contribution >= 4 is 0 Å². The van der Waals surface area contributed by atoms with Gasteiger partial charge in [-0.15, -0.1) is 0 Å².